The monoisotopic (exact) mass is 366 g/mol. The predicted molar refractivity (Wildman–Crippen MR) is 101 cm³/mol. The van der Waals surface area contributed by atoms with Gasteiger partial charge >= 0.3 is 0 Å². The Bertz CT molecular complexity index is 660. The minimum Gasteiger partial charge on any atom is -0.492 e. The fourth-order valence-corrected chi connectivity index (χ4v) is 2.94. The van der Waals surface area contributed by atoms with Crippen LogP contribution < -0.4 is 15.4 Å². The minimum atomic E-state index is 0.530. The molecule has 1 aromatic heterocycles. The van der Waals surface area contributed by atoms with Crippen molar-refractivity contribution in [2.24, 2.45) is 4.99 Å². The summed E-state index contributed by atoms with van der Waals surface area (Å²) in [5.74, 6) is 1.53. The molecule has 0 radical (unpaired) electrons. The van der Waals surface area contributed by atoms with E-state index in [4.69, 9.17) is 16.3 Å². The van der Waals surface area contributed by atoms with E-state index in [0.29, 0.717) is 24.7 Å². The van der Waals surface area contributed by atoms with E-state index >= 15 is 0 Å². The Morgan fingerprint density at radius 1 is 1.33 bits per heavy atom. The molecule has 1 aromatic carbocycles. The third-order valence-electron chi connectivity index (χ3n) is 3.13. The lowest BCUT2D eigenvalue weighted by atomic mass is 10.3. The zero-order valence-electron chi connectivity index (χ0n) is 14.0. The summed E-state index contributed by atoms with van der Waals surface area (Å²) in [5, 5.41) is 8.17. The van der Waals surface area contributed by atoms with Crippen LogP contribution >= 0.6 is 22.9 Å². The third-order valence-corrected chi connectivity index (χ3v) is 4.49. The molecule has 0 aliphatic heterocycles. The van der Waals surface area contributed by atoms with Crippen molar-refractivity contribution < 1.29 is 4.74 Å². The lowest BCUT2D eigenvalue weighted by molar-refractivity contribution is 0.322. The number of aliphatic imine (C=N–C) groups is 1. The number of benzene rings is 1. The summed E-state index contributed by atoms with van der Waals surface area (Å²) in [5.41, 5.74) is 0. The van der Waals surface area contributed by atoms with Gasteiger partial charge in [-0.1, -0.05) is 24.6 Å². The summed E-state index contributed by atoms with van der Waals surface area (Å²) in [6, 6.07) is 7.38. The molecule has 0 bridgehead atoms. The number of aryl methyl sites for hydroxylation is 1. The molecule has 2 aromatic rings. The molecule has 0 fully saturated rings. The maximum Gasteiger partial charge on any atom is 0.191 e. The quantitative estimate of drug-likeness (QED) is 0.426. The van der Waals surface area contributed by atoms with Gasteiger partial charge in [0.15, 0.2) is 5.96 Å². The lowest BCUT2D eigenvalue weighted by Crippen LogP contribution is -2.39. The Morgan fingerprint density at radius 3 is 2.92 bits per heavy atom. The van der Waals surface area contributed by atoms with Crippen molar-refractivity contribution in [3.63, 3.8) is 0 Å². The van der Waals surface area contributed by atoms with Crippen molar-refractivity contribution in [1.29, 1.82) is 0 Å². The average molecular weight is 367 g/mol. The topological polar surface area (TPSA) is 58.5 Å². The highest BCUT2D eigenvalue weighted by Crippen LogP contribution is 2.16. The van der Waals surface area contributed by atoms with E-state index in [-0.39, 0.29) is 0 Å². The largest absolute Gasteiger partial charge is 0.492 e. The van der Waals surface area contributed by atoms with E-state index < -0.39 is 0 Å². The van der Waals surface area contributed by atoms with Gasteiger partial charge in [-0.05, 0) is 31.5 Å². The van der Waals surface area contributed by atoms with E-state index in [1.807, 2.05) is 31.3 Å². The SMILES string of the molecule is CCNC(=NCc1ncc(CC)s1)NCCOc1cccc(Cl)c1. The van der Waals surface area contributed by atoms with Crippen molar-refractivity contribution in [3.05, 3.63) is 45.4 Å². The number of hydrogen-bond acceptors (Lipinski definition) is 4. The fraction of sp³-hybridized carbons (Fsp3) is 0.412. The van der Waals surface area contributed by atoms with Gasteiger partial charge in [-0.15, -0.1) is 11.3 Å². The van der Waals surface area contributed by atoms with Gasteiger partial charge in [0.25, 0.3) is 0 Å². The number of thiazole rings is 1. The van der Waals surface area contributed by atoms with Gasteiger partial charge < -0.3 is 15.4 Å². The summed E-state index contributed by atoms with van der Waals surface area (Å²) in [6.07, 6.45) is 2.94. The van der Waals surface area contributed by atoms with Gasteiger partial charge in [0, 0.05) is 22.6 Å². The van der Waals surface area contributed by atoms with Gasteiger partial charge in [0.1, 0.15) is 17.4 Å². The number of guanidine groups is 1. The van der Waals surface area contributed by atoms with Crippen LogP contribution in [0.15, 0.2) is 35.5 Å². The Hall–Kier alpha value is -1.79. The molecule has 0 saturated heterocycles. The molecule has 0 amide bonds. The highest BCUT2D eigenvalue weighted by molar-refractivity contribution is 7.11. The first-order chi connectivity index (χ1) is 11.7. The Kier molecular flexibility index (Phi) is 7.85. The molecule has 2 N–H and O–H groups in total. The number of halogens is 1. The number of ether oxygens (including phenoxy) is 1. The molecule has 24 heavy (non-hydrogen) atoms. The summed E-state index contributed by atoms with van der Waals surface area (Å²) < 4.78 is 5.66. The fourth-order valence-electron chi connectivity index (χ4n) is 1.97. The second-order valence-electron chi connectivity index (χ2n) is 5.00. The first-order valence-electron chi connectivity index (χ1n) is 8.05. The van der Waals surface area contributed by atoms with E-state index in [9.17, 15) is 0 Å². The van der Waals surface area contributed by atoms with Crippen molar-refractivity contribution in [2.75, 3.05) is 19.7 Å². The van der Waals surface area contributed by atoms with Crippen LogP contribution in [0.25, 0.3) is 0 Å². The Morgan fingerprint density at radius 2 is 2.21 bits per heavy atom. The molecule has 130 valence electrons. The normalized spacial score (nSPS) is 11.4. The summed E-state index contributed by atoms with van der Waals surface area (Å²) in [4.78, 5) is 10.2. The van der Waals surface area contributed by atoms with Gasteiger partial charge in [-0.25, -0.2) is 9.98 Å². The zero-order valence-corrected chi connectivity index (χ0v) is 15.6. The molecule has 0 atom stereocenters. The molecule has 0 spiro atoms. The second kappa shape index (κ2) is 10.2. The predicted octanol–water partition coefficient (Wildman–Crippen LogP) is 3.49. The second-order valence-corrected chi connectivity index (χ2v) is 6.64. The van der Waals surface area contributed by atoms with Crippen LogP contribution in [0.3, 0.4) is 0 Å². The van der Waals surface area contributed by atoms with Crippen molar-refractivity contribution in [3.8, 4) is 5.75 Å². The standard InChI is InChI=1S/C17H23ClN4OS/c1-3-15-11-21-16(24-15)12-22-17(19-4-2)20-8-9-23-14-7-5-6-13(18)10-14/h5-7,10-11H,3-4,8-9,12H2,1-2H3,(H2,19,20,22). The van der Waals surface area contributed by atoms with E-state index in [1.54, 1.807) is 17.4 Å². The number of nitrogens with zero attached hydrogens (tertiary/aromatic N) is 2. The number of rotatable bonds is 8. The molecule has 7 heteroatoms. The maximum atomic E-state index is 5.93. The average Bonchev–Trinajstić information content (AvgIpc) is 3.04. The number of nitrogens with one attached hydrogen (secondary N) is 2. The lowest BCUT2D eigenvalue weighted by Gasteiger charge is -2.12. The van der Waals surface area contributed by atoms with Crippen LogP contribution in [0.5, 0.6) is 5.75 Å². The molecule has 0 aliphatic rings. The first kappa shape index (κ1) is 18.5. The highest BCUT2D eigenvalue weighted by Gasteiger charge is 2.02. The van der Waals surface area contributed by atoms with Gasteiger partial charge in [0.2, 0.25) is 0 Å². The molecule has 5 nitrogen and oxygen atoms in total. The summed E-state index contributed by atoms with van der Waals surface area (Å²) >= 11 is 7.64. The van der Waals surface area contributed by atoms with Crippen LogP contribution in [-0.2, 0) is 13.0 Å². The van der Waals surface area contributed by atoms with Crippen LogP contribution in [0.4, 0.5) is 0 Å². The third kappa shape index (κ3) is 6.37. The molecule has 1 heterocycles. The molecule has 0 saturated carbocycles. The van der Waals surface area contributed by atoms with Gasteiger partial charge in [-0.3, -0.25) is 0 Å². The van der Waals surface area contributed by atoms with E-state index in [1.165, 1.54) is 4.88 Å². The molecule has 0 aliphatic carbocycles. The number of aromatic nitrogens is 1. The Balaban J connectivity index is 1.78. The first-order valence-corrected chi connectivity index (χ1v) is 9.24. The summed E-state index contributed by atoms with van der Waals surface area (Å²) in [6.45, 7) is 6.73. The van der Waals surface area contributed by atoms with Crippen LogP contribution in [0.2, 0.25) is 5.02 Å². The highest BCUT2D eigenvalue weighted by atomic mass is 35.5. The number of hydrogen-bond donors (Lipinski definition) is 2. The Labute approximate surface area is 152 Å². The molecule has 0 unspecified atom stereocenters. The molecular formula is C17H23ClN4OS. The minimum absolute atomic E-state index is 0.530. The van der Waals surface area contributed by atoms with E-state index in [2.05, 4.69) is 27.5 Å². The van der Waals surface area contributed by atoms with Crippen LogP contribution in [-0.4, -0.2) is 30.6 Å². The maximum absolute atomic E-state index is 5.93. The smallest absolute Gasteiger partial charge is 0.191 e. The van der Waals surface area contributed by atoms with Gasteiger partial charge in [-0.2, -0.15) is 0 Å². The van der Waals surface area contributed by atoms with Crippen LogP contribution in [0, 0.1) is 0 Å². The molecule has 2 rings (SSSR count). The zero-order chi connectivity index (χ0) is 17.2. The summed E-state index contributed by atoms with van der Waals surface area (Å²) in [7, 11) is 0. The van der Waals surface area contributed by atoms with Crippen molar-refractivity contribution in [2.45, 2.75) is 26.8 Å². The molecular weight excluding hydrogens is 344 g/mol. The van der Waals surface area contributed by atoms with Crippen molar-refractivity contribution in [1.82, 2.24) is 15.6 Å². The van der Waals surface area contributed by atoms with E-state index in [0.717, 1.165) is 29.7 Å². The van der Waals surface area contributed by atoms with Crippen LogP contribution in [0.1, 0.15) is 23.7 Å². The van der Waals surface area contributed by atoms with Crippen molar-refractivity contribution >= 4 is 28.9 Å². The van der Waals surface area contributed by atoms with Gasteiger partial charge in [0.05, 0.1) is 13.1 Å².